The van der Waals surface area contributed by atoms with Crippen LogP contribution in [-0.2, 0) is 13.2 Å². The molecule has 0 atom stereocenters. The van der Waals surface area contributed by atoms with Gasteiger partial charge in [-0.1, -0.05) is 6.07 Å². The predicted molar refractivity (Wildman–Crippen MR) is 113 cm³/mol. The molecule has 0 aliphatic rings. The van der Waals surface area contributed by atoms with E-state index < -0.39 is 0 Å². The fourth-order valence-electron chi connectivity index (χ4n) is 2.68. The van der Waals surface area contributed by atoms with Gasteiger partial charge in [0.1, 0.15) is 5.82 Å². The van der Waals surface area contributed by atoms with Crippen molar-refractivity contribution in [2.24, 2.45) is 4.99 Å². The van der Waals surface area contributed by atoms with Gasteiger partial charge in [-0.05, 0) is 45.4 Å². The Labute approximate surface area is 168 Å². The van der Waals surface area contributed by atoms with Crippen LogP contribution in [0, 0.1) is 5.82 Å². The highest BCUT2D eigenvalue weighted by atomic mass is 127. The van der Waals surface area contributed by atoms with E-state index in [1.807, 2.05) is 0 Å². The molecule has 1 aromatic rings. The van der Waals surface area contributed by atoms with Crippen molar-refractivity contribution in [3.05, 3.63) is 35.1 Å². The summed E-state index contributed by atoms with van der Waals surface area (Å²) >= 11 is 0. The van der Waals surface area contributed by atoms with Crippen LogP contribution in [0.2, 0.25) is 0 Å². The Bertz CT molecular complexity index is 530. The highest BCUT2D eigenvalue weighted by Crippen LogP contribution is 2.10. The van der Waals surface area contributed by atoms with Crippen LogP contribution in [0.3, 0.4) is 0 Å². The lowest BCUT2D eigenvalue weighted by atomic mass is 10.1. The highest BCUT2D eigenvalue weighted by molar-refractivity contribution is 14.0. The monoisotopic (exact) mass is 466 g/mol. The Morgan fingerprint density at radius 2 is 1.84 bits per heavy atom. The van der Waals surface area contributed by atoms with Crippen molar-refractivity contribution >= 4 is 29.9 Å². The molecule has 7 heteroatoms. The molecule has 144 valence electrons. The number of nitrogens with one attached hydrogen (secondary N) is 2. The van der Waals surface area contributed by atoms with Gasteiger partial charge < -0.3 is 15.7 Å². The molecule has 0 aromatic heterocycles. The number of aliphatic hydroxyl groups is 1. The third-order valence-corrected chi connectivity index (χ3v) is 3.95. The average molecular weight is 466 g/mol. The molecule has 5 nitrogen and oxygen atoms in total. The number of aliphatic hydroxyl groups excluding tert-OH is 1. The van der Waals surface area contributed by atoms with Crippen molar-refractivity contribution in [1.29, 1.82) is 0 Å². The maximum Gasteiger partial charge on any atom is 0.191 e. The van der Waals surface area contributed by atoms with Gasteiger partial charge in [-0.2, -0.15) is 0 Å². The maximum atomic E-state index is 13.4. The molecule has 0 fully saturated rings. The third kappa shape index (κ3) is 8.33. The van der Waals surface area contributed by atoms with Crippen molar-refractivity contribution in [3.8, 4) is 0 Å². The number of aliphatic imine (C=N–C) groups is 1. The second-order valence-corrected chi connectivity index (χ2v) is 6.36. The van der Waals surface area contributed by atoms with Crippen LogP contribution in [-0.4, -0.2) is 48.2 Å². The Morgan fingerprint density at radius 1 is 1.20 bits per heavy atom. The second-order valence-electron chi connectivity index (χ2n) is 6.36. The summed E-state index contributed by atoms with van der Waals surface area (Å²) < 4.78 is 13.4. The van der Waals surface area contributed by atoms with Gasteiger partial charge >= 0.3 is 0 Å². The lowest BCUT2D eigenvalue weighted by molar-refractivity contribution is 0.178. The predicted octanol–water partition coefficient (Wildman–Crippen LogP) is 2.72. The van der Waals surface area contributed by atoms with E-state index in [0.717, 1.165) is 18.7 Å². The smallest absolute Gasteiger partial charge is 0.191 e. The first-order chi connectivity index (χ1) is 11.4. The number of halogens is 2. The van der Waals surface area contributed by atoms with Gasteiger partial charge in [0.2, 0.25) is 0 Å². The fourth-order valence-corrected chi connectivity index (χ4v) is 2.68. The number of guanidine groups is 1. The zero-order valence-corrected chi connectivity index (χ0v) is 18.2. The SMILES string of the molecule is CN=C(NCCN(C(C)C)C(C)C)NCc1ccc(F)c(CO)c1.I. The van der Waals surface area contributed by atoms with Gasteiger partial charge in [0.15, 0.2) is 5.96 Å². The van der Waals surface area contributed by atoms with E-state index in [4.69, 9.17) is 5.11 Å². The highest BCUT2D eigenvalue weighted by Gasteiger charge is 2.12. The van der Waals surface area contributed by atoms with Crippen LogP contribution >= 0.6 is 24.0 Å². The average Bonchev–Trinajstić information content (AvgIpc) is 2.54. The van der Waals surface area contributed by atoms with E-state index in [2.05, 4.69) is 48.2 Å². The van der Waals surface area contributed by atoms with E-state index in [1.165, 1.54) is 6.07 Å². The molecule has 25 heavy (non-hydrogen) atoms. The molecular weight excluding hydrogens is 434 g/mol. The summed E-state index contributed by atoms with van der Waals surface area (Å²) in [5.41, 5.74) is 1.20. The molecule has 0 saturated heterocycles. The topological polar surface area (TPSA) is 59.9 Å². The fraction of sp³-hybridized carbons (Fsp3) is 0.611. The molecule has 0 saturated carbocycles. The van der Waals surface area contributed by atoms with Crippen molar-refractivity contribution in [2.45, 2.75) is 52.9 Å². The Morgan fingerprint density at radius 3 is 2.36 bits per heavy atom. The standard InChI is InChI=1S/C18H31FN4O.HI/c1-13(2)23(14(3)4)9-8-21-18(20-5)22-11-15-6-7-17(19)16(10-15)12-24;/h6-7,10,13-14,24H,8-9,11-12H2,1-5H3,(H2,20,21,22);1H. The van der Waals surface area contributed by atoms with Gasteiger partial charge in [0.25, 0.3) is 0 Å². The minimum absolute atomic E-state index is 0. The summed E-state index contributed by atoms with van der Waals surface area (Å²) in [6.45, 7) is 10.7. The number of hydrogen-bond donors (Lipinski definition) is 3. The number of rotatable bonds is 8. The Hall–Kier alpha value is -0.930. The molecule has 0 radical (unpaired) electrons. The van der Waals surface area contributed by atoms with Crippen molar-refractivity contribution < 1.29 is 9.50 Å². The largest absolute Gasteiger partial charge is 0.392 e. The molecule has 0 amide bonds. The number of nitrogens with zero attached hydrogens (tertiary/aromatic N) is 2. The van der Waals surface area contributed by atoms with Gasteiger partial charge in [-0.25, -0.2) is 4.39 Å². The Balaban J connectivity index is 0.00000576. The van der Waals surface area contributed by atoms with Crippen LogP contribution in [0.1, 0.15) is 38.8 Å². The quantitative estimate of drug-likeness (QED) is 0.313. The van der Waals surface area contributed by atoms with Crippen LogP contribution in [0.25, 0.3) is 0 Å². The molecule has 0 aliphatic heterocycles. The summed E-state index contributed by atoms with van der Waals surface area (Å²) in [6.07, 6.45) is 0. The molecule has 0 bridgehead atoms. The van der Waals surface area contributed by atoms with Crippen molar-refractivity contribution in [1.82, 2.24) is 15.5 Å². The molecule has 1 rings (SSSR count). The first-order valence-electron chi connectivity index (χ1n) is 8.47. The number of benzene rings is 1. The normalized spacial score (nSPS) is 11.8. The minimum Gasteiger partial charge on any atom is -0.392 e. The van der Waals surface area contributed by atoms with Crippen LogP contribution < -0.4 is 10.6 Å². The van der Waals surface area contributed by atoms with Gasteiger partial charge in [-0.15, -0.1) is 24.0 Å². The molecule has 0 aliphatic carbocycles. The molecule has 3 N–H and O–H groups in total. The lowest BCUT2D eigenvalue weighted by Crippen LogP contribution is -2.45. The lowest BCUT2D eigenvalue weighted by Gasteiger charge is -2.30. The van der Waals surface area contributed by atoms with Crippen LogP contribution in [0.4, 0.5) is 4.39 Å². The first-order valence-corrected chi connectivity index (χ1v) is 8.47. The van der Waals surface area contributed by atoms with E-state index in [9.17, 15) is 4.39 Å². The zero-order chi connectivity index (χ0) is 18.1. The second kappa shape index (κ2) is 12.4. The van der Waals surface area contributed by atoms with Crippen molar-refractivity contribution in [3.63, 3.8) is 0 Å². The first kappa shape index (κ1) is 24.1. The number of hydrogen-bond acceptors (Lipinski definition) is 3. The maximum absolute atomic E-state index is 13.4. The summed E-state index contributed by atoms with van der Waals surface area (Å²) in [6, 6.07) is 5.74. The molecule has 0 unspecified atom stereocenters. The van der Waals surface area contributed by atoms with Gasteiger partial charge in [0.05, 0.1) is 6.61 Å². The zero-order valence-electron chi connectivity index (χ0n) is 15.8. The summed E-state index contributed by atoms with van der Waals surface area (Å²) in [4.78, 5) is 6.61. The Kier molecular flexibility index (Phi) is 12.0. The van der Waals surface area contributed by atoms with Crippen LogP contribution in [0.5, 0.6) is 0 Å². The summed E-state index contributed by atoms with van der Waals surface area (Å²) in [5, 5.41) is 15.6. The third-order valence-electron chi connectivity index (χ3n) is 3.95. The minimum atomic E-state index is -0.383. The van der Waals surface area contributed by atoms with E-state index in [1.54, 1.807) is 19.2 Å². The summed E-state index contributed by atoms with van der Waals surface area (Å²) in [7, 11) is 1.72. The van der Waals surface area contributed by atoms with Gasteiger partial charge in [-0.3, -0.25) is 9.89 Å². The van der Waals surface area contributed by atoms with Crippen LogP contribution in [0.15, 0.2) is 23.2 Å². The van der Waals surface area contributed by atoms with Gasteiger partial charge in [0, 0.05) is 44.3 Å². The molecule has 0 heterocycles. The molecule has 1 aromatic carbocycles. The molecule has 0 spiro atoms. The van der Waals surface area contributed by atoms with E-state index in [-0.39, 0.29) is 36.4 Å². The molecular formula is C18H32FIN4O. The summed E-state index contributed by atoms with van der Waals surface area (Å²) in [5.74, 6) is 0.323. The van der Waals surface area contributed by atoms with E-state index in [0.29, 0.717) is 30.2 Å². The van der Waals surface area contributed by atoms with Crippen molar-refractivity contribution in [2.75, 3.05) is 20.1 Å². The van der Waals surface area contributed by atoms with E-state index >= 15 is 0 Å².